The van der Waals surface area contributed by atoms with E-state index in [4.69, 9.17) is 4.74 Å². The Bertz CT molecular complexity index is 829. The Morgan fingerprint density at radius 3 is 3.04 bits per heavy atom. The van der Waals surface area contributed by atoms with Crippen LogP contribution >= 0.6 is 0 Å². The van der Waals surface area contributed by atoms with Gasteiger partial charge in [0, 0.05) is 23.9 Å². The second-order valence-corrected chi connectivity index (χ2v) is 5.91. The molecule has 0 spiro atoms. The number of likely N-dealkylation sites (tertiary alicyclic amines) is 1. The predicted octanol–water partition coefficient (Wildman–Crippen LogP) is 2.23. The van der Waals surface area contributed by atoms with Gasteiger partial charge in [0.2, 0.25) is 5.88 Å². The van der Waals surface area contributed by atoms with Gasteiger partial charge in [-0.25, -0.2) is 4.98 Å². The lowest BCUT2D eigenvalue weighted by Gasteiger charge is -2.23. The van der Waals surface area contributed by atoms with Crippen LogP contribution in [0.2, 0.25) is 0 Å². The number of aliphatic hydroxyl groups excluding tert-OH is 1. The Morgan fingerprint density at radius 2 is 2.32 bits per heavy atom. The second kappa shape index (κ2) is 7.32. The molecule has 6 nitrogen and oxygen atoms in total. The van der Waals surface area contributed by atoms with Crippen LogP contribution < -0.4 is 4.74 Å². The van der Waals surface area contributed by atoms with Gasteiger partial charge in [0.1, 0.15) is 11.6 Å². The third kappa shape index (κ3) is 3.19. The van der Waals surface area contributed by atoms with Crippen LogP contribution in [0.25, 0.3) is 11.1 Å². The summed E-state index contributed by atoms with van der Waals surface area (Å²) in [6, 6.07) is 10.9. The van der Waals surface area contributed by atoms with Crippen molar-refractivity contribution in [3.8, 4) is 23.1 Å². The Kier molecular flexibility index (Phi) is 4.96. The molecule has 0 unspecified atom stereocenters. The van der Waals surface area contributed by atoms with Crippen LogP contribution in [0.4, 0.5) is 0 Å². The zero-order valence-corrected chi connectivity index (χ0v) is 14.0. The molecular weight excluding hydrogens is 318 g/mol. The summed E-state index contributed by atoms with van der Waals surface area (Å²) in [7, 11) is 1.47. The quantitative estimate of drug-likeness (QED) is 0.924. The van der Waals surface area contributed by atoms with Gasteiger partial charge in [-0.1, -0.05) is 12.1 Å². The Morgan fingerprint density at radius 1 is 1.48 bits per heavy atom. The lowest BCUT2D eigenvalue weighted by molar-refractivity contribution is 0.0677. The van der Waals surface area contributed by atoms with Crippen LogP contribution in [-0.2, 0) is 0 Å². The van der Waals surface area contributed by atoms with E-state index in [0.717, 1.165) is 18.4 Å². The number of nitriles is 1. The van der Waals surface area contributed by atoms with Gasteiger partial charge >= 0.3 is 0 Å². The topological polar surface area (TPSA) is 86.4 Å². The van der Waals surface area contributed by atoms with Gasteiger partial charge < -0.3 is 14.7 Å². The molecule has 2 aromatic rings. The minimum Gasteiger partial charge on any atom is -0.480 e. The average molecular weight is 337 g/mol. The van der Waals surface area contributed by atoms with E-state index in [1.807, 2.05) is 6.07 Å². The number of carbonyl (C=O) groups excluding carboxylic acids is 1. The summed E-state index contributed by atoms with van der Waals surface area (Å²) in [5.41, 5.74) is 2.30. The number of pyridine rings is 1. The maximum Gasteiger partial charge on any atom is 0.254 e. The zero-order valence-electron chi connectivity index (χ0n) is 14.0. The lowest BCUT2D eigenvalue weighted by atomic mass is 9.99. The summed E-state index contributed by atoms with van der Waals surface area (Å²) in [6.07, 6.45) is 3.30. The summed E-state index contributed by atoms with van der Waals surface area (Å²) >= 11 is 0. The molecule has 1 aromatic carbocycles. The maximum atomic E-state index is 12.8. The summed E-state index contributed by atoms with van der Waals surface area (Å²) in [4.78, 5) is 18.6. The first-order valence-corrected chi connectivity index (χ1v) is 8.15. The first kappa shape index (κ1) is 16.9. The third-order valence-electron chi connectivity index (χ3n) is 4.49. The summed E-state index contributed by atoms with van der Waals surface area (Å²) in [6.45, 7) is 0.631. The highest BCUT2D eigenvalue weighted by Gasteiger charge is 2.28. The van der Waals surface area contributed by atoms with Crippen LogP contribution in [0.1, 0.15) is 28.8 Å². The number of methoxy groups -OCH3 is 1. The highest BCUT2D eigenvalue weighted by molar-refractivity contribution is 5.96. The Labute approximate surface area is 146 Å². The van der Waals surface area contributed by atoms with Crippen molar-refractivity contribution in [2.75, 3.05) is 20.3 Å². The highest BCUT2D eigenvalue weighted by Crippen LogP contribution is 2.29. The molecule has 1 aliphatic heterocycles. The fourth-order valence-electron chi connectivity index (χ4n) is 3.22. The smallest absolute Gasteiger partial charge is 0.254 e. The molecule has 1 saturated heterocycles. The van der Waals surface area contributed by atoms with E-state index in [2.05, 4.69) is 11.1 Å². The number of amides is 1. The first-order chi connectivity index (χ1) is 12.2. The van der Waals surface area contributed by atoms with Gasteiger partial charge in [-0.05, 0) is 36.6 Å². The molecule has 0 radical (unpaired) electrons. The number of nitrogens with zero attached hydrogens (tertiary/aromatic N) is 3. The minimum absolute atomic E-state index is 0.0223. The van der Waals surface area contributed by atoms with Crippen LogP contribution in [0, 0.1) is 11.3 Å². The largest absolute Gasteiger partial charge is 0.480 e. The van der Waals surface area contributed by atoms with Gasteiger partial charge in [0.15, 0.2) is 0 Å². The van der Waals surface area contributed by atoms with Crippen molar-refractivity contribution in [3.63, 3.8) is 0 Å². The molecule has 1 aliphatic rings. The normalized spacial score (nSPS) is 16.5. The van der Waals surface area contributed by atoms with Crippen LogP contribution in [-0.4, -0.2) is 47.2 Å². The molecule has 6 heteroatoms. The summed E-state index contributed by atoms with van der Waals surface area (Å²) in [5.74, 6) is 0.162. The molecule has 1 amide bonds. The lowest BCUT2D eigenvalue weighted by Crippen LogP contribution is -2.37. The van der Waals surface area contributed by atoms with Crippen LogP contribution in [0.3, 0.4) is 0 Å². The fourth-order valence-corrected chi connectivity index (χ4v) is 3.22. The minimum atomic E-state index is -0.119. The number of benzene rings is 1. The van der Waals surface area contributed by atoms with Gasteiger partial charge in [-0.2, -0.15) is 5.26 Å². The van der Waals surface area contributed by atoms with E-state index in [-0.39, 0.29) is 24.4 Å². The van der Waals surface area contributed by atoms with E-state index in [1.165, 1.54) is 7.11 Å². The van der Waals surface area contributed by atoms with E-state index >= 15 is 0 Å². The molecule has 128 valence electrons. The van der Waals surface area contributed by atoms with Gasteiger partial charge in [0.25, 0.3) is 5.91 Å². The third-order valence-corrected chi connectivity index (χ3v) is 4.49. The van der Waals surface area contributed by atoms with E-state index < -0.39 is 0 Å². The van der Waals surface area contributed by atoms with Crippen molar-refractivity contribution in [1.29, 1.82) is 5.26 Å². The van der Waals surface area contributed by atoms with E-state index in [9.17, 15) is 15.2 Å². The van der Waals surface area contributed by atoms with Crippen molar-refractivity contribution >= 4 is 5.91 Å². The number of carbonyl (C=O) groups is 1. The Balaban J connectivity index is 1.98. The van der Waals surface area contributed by atoms with Crippen molar-refractivity contribution in [2.24, 2.45) is 0 Å². The van der Waals surface area contributed by atoms with Crippen LogP contribution in [0.5, 0.6) is 5.88 Å². The monoisotopic (exact) mass is 337 g/mol. The fraction of sp³-hybridized carbons (Fsp3) is 0.316. The first-order valence-electron chi connectivity index (χ1n) is 8.15. The Hall–Kier alpha value is -2.91. The molecule has 1 fully saturated rings. The number of aromatic nitrogens is 1. The standard InChI is InChI=1S/C19H19N3O3/c1-25-18-17(11-20)16(7-8-21-18)13-4-2-5-14(10-13)19(24)22-9-3-6-15(22)12-23/h2,4-5,7-8,10,15,23H,3,6,9,12H2,1H3/t15-/m0/s1. The second-order valence-electron chi connectivity index (χ2n) is 5.91. The van der Waals surface area contributed by atoms with Gasteiger partial charge in [-0.3, -0.25) is 4.79 Å². The molecule has 1 N–H and O–H groups in total. The molecule has 25 heavy (non-hydrogen) atoms. The molecule has 0 aliphatic carbocycles. The molecular formula is C19H19N3O3. The number of aliphatic hydroxyl groups is 1. The van der Waals surface area contributed by atoms with E-state index in [0.29, 0.717) is 23.2 Å². The van der Waals surface area contributed by atoms with Crippen molar-refractivity contribution in [2.45, 2.75) is 18.9 Å². The number of ether oxygens (including phenoxy) is 1. The van der Waals surface area contributed by atoms with E-state index in [1.54, 1.807) is 35.4 Å². The average Bonchev–Trinajstić information content (AvgIpc) is 3.15. The van der Waals surface area contributed by atoms with Crippen molar-refractivity contribution in [3.05, 3.63) is 47.7 Å². The van der Waals surface area contributed by atoms with Crippen molar-refractivity contribution < 1.29 is 14.6 Å². The number of hydrogen-bond donors (Lipinski definition) is 1. The molecule has 0 saturated carbocycles. The van der Waals surface area contributed by atoms with Gasteiger partial charge in [-0.15, -0.1) is 0 Å². The number of rotatable bonds is 4. The zero-order chi connectivity index (χ0) is 17.8. The molecule has 1 atom stereocenters. The van der Waals surface area contributed by atoms with Gasteiger partial charge in [0.05, 0.1) is 19.8 Å². The molecule has 0 bridgehead atoms. The SMILES string of the molecule is COc1nccc(-c2cccc(C(=O)N3CCC[C@H]3CO)c2)c1C#N. The molecule has 1 aromatic heterocycles. The predicted molar refractivity (Wildman–Crippen MR) is 92.1 cm³/mol. The van der Waals surface area contributed by atoms with Crippen molar-refractivity contribution in [1.82, 2.24) is 9.88 Å². The maximum absolute atomic E-state index is 12.8. The molecule has 2 heterocycles. The summed E-state index contributed by atoms with van der Waals surface area (Å²) < 4.78 is 5.15. The summed E-state index contributed by atoms with van der Waals surface area (Å²) in [5, 5.41) is 18.9. The van der Waals surface area contributed by atoms with Crippen LogP contribution in [0.15, 0.2) is 36.5 Å². The highest BCUT2D eigenvalue weighted by atomic mass is 16.5. The molecule has 3 rings (SSSR count). The number of hydrogen-bond acceptors (Lipinski definition) is 5.